The third kappa shape index (κ3) is 7.12. The van der Waals surface area contributed by atoms with Crippen molar-refractivity contribution in [2.45, 2.75) is 73.6 Å². The molecule has 0 fully saturated rings. The van der Waals surface area contributed by atoms with E-state index in [2.05, 4.69) is 67.4 Å². The first-order chi connectivity index (χ1) is 35.7. The van der Waals surface area contributed by atoms with E-state index < -0.39 is 5.97 Å². The first-order valence-electron chi connectivity index (χ1n) is 25.2. The van der Waals surface area contributed by atoms with Gasteiger partial charge in [-0.15, -0.1) is 0 Å². The number of aromatic carboxylic acids is 1. The minimum atomic E-state index is -1.03. The molecule has 0 aliphatic carbocycles. The largest absolute Gasteiger partial charge is 0.477 e. The molecule has 3 heterocycles. The van der Waals surface area contributed by atoms with Gasteiger partial charge in [-0.1, -0.05) is 85.3 Å². The zero-order chi connectivity index (χ0) is 51.4. The van der Waals surface area contributed by atoms with Crippen LogP contribution in [0.5, 0.6) is 0 Å². The molecule has 0 spiro atoms. The standard InChI is InChI=1S/C65H51N3O6/c1-34-11-10-12-35(2)59(34)67-61(69)49-23-19-45-47-21-25-51-58-52(26-22-48(56(47)58)46-20-24-50(62(67)70)57(49)55(45)46)64(72)68(63(51)71)60-38(5)30-44(31-39(60)6)41-17-15-40(16-18-41)13-8-7-9-14-42-29-37(4)53(32-36(42)3)43-27-28-66-54(33-43)65(73)74/h10-12,15-33H,7-9,13-14H2,1-6H3,(H,73,74). The molecule has 2 aliphatic heterocycles. The van der Waals surface area contributed by atoms with E-state index in [1.54, 1.807) is 12.3 Å². The van der Waals surface area contributed by atoms with Crippen LogP contribution < -0.4 is 9.80 Å². The van der Waals surface area contributed by atoms with Crippen LogP contribution in [0.4, 0.5) is 11.4 Å². The van der Waals surface area contributed by atoms with Crippen LogP contribution in [-0.4, -0.2) is 39.7 Å². The summed E-state index contributed by atoms with van der Waals surface area (Å²) in [5.41, 5.74) is 15.2. The second-order valence-corrected chi connectivity index (χ2v) is 20.3. The number of amides is 4. The molecule has 0 saturated heterocycles. The summed E-state index contributed by atoms with van der Waals surface area (Å²) in [4.78, 5) is 76.4. The lowest BCUT2D eigenvalue weighted by Crippen LogP contribution is -2.41. The summed E-state index contributed by atoms with van der Waals surface area (Å²) < 4.78 is 0. The molecule has 9 heteroatoms. The van der Waals surface area contributed by atoms with Crippen molar-refractivity contribution in [3.63, 3.8) is 0 Å². The average Bonchev–Trinajstić information content (AvgIpc) is 3.39. The number of aromatic nitrogens is 1. The van der Waals surface area contributed by atoms with Gasteiger partial charge >= 0.3 is 5.97 Å². The van der Waals surface area contributed by atoms with Gasteiger partial charge in [0, 0.05) is 39.2 Å². The molecule has 4 amide bonds. The fourth-order valence-corrected chi connectivity index (χ4v) is 12.2. The van der Waals surface area contributed by atoms with Gasteiger partial charge in [-0.2, -0.15) is 0 Å². The van der Waals surface area contributed by atoms with Gasteiger partial charge in [0.15, 0.2) is 0 Å². The Hall–Kier alpha value is -8.82. The average molecular weight is 970 g/mol. The van der Waals surface area contributed by atoms with Crippen molar-refractivity contribution in [1.29, 1.82) is 0 Å². The van der Waals surface area contributed by atoms with E-state index >= 15 is 0 Å². The molecule has 0 bridgehead atoms. The molecular weight excluding hydrogens is 919 g/mol. The third-order valence-electron chi connectivity index (χ3n) is 15.7. The number of hydrogen-bond donors (Lipinski definition) is 1. The molecule has 2 aliphatic rings. The number of carbonyl (C=O) groups is 5. The molecule has 0 saturated carbocycles. The first kappa shape index (κ1) is 46.3. The van der Waals surface area contributed by atoms with Crippen LogP contribution in [0.2, 0.25) is 0 Å². The van der Waals surface area contributed by atoms with Crippen molar-refractivity contribution >= 4 is 84.1 Å². The number of hydrogen-bond acceptors (Lipinski definition) is 6. The molecule has 0 atom stereocenters. The number of carboxylic acid groups (broad SMARTS) is 1. The van der Waals surface area contributed by atoms with E-state index in [0.29, 0.717) is 44.4 Å². The lowest BCUT2D eigenvalue weighted by atomic mass is 9.82. The molecule has 9 nitrogen and oxygen atoms in total. The molecule has 12 rings (SSSR count). The number of para-hydroxylation sites is 1. The van der Waals surface area contributed by atoms with Crippen LogP contribution in [-0.2, 0) is 12.8 Å². The molecule has 0 unspecified atom stereocenters. The number of benzene rings is 9. The molecule has 1 aromatic heterocycles. The number of carbonyl (C=O) groups excluding carboxylic acids is 4. The third-order valence-corrected chi connectivity index (χ3v) is 15.7. The Labute approximate surface area is 428 Å². The van der Waals surface area contributed by atoms with E-state index in [1.165, 1.54) is 26.5 Å². The Bertz CT molecular complexity index is 3970. The Kier molecular flexibility index (Phi) is 10.9. The van der Waals surface area contributed by atoms with Gasteiger partial charge in [-0.3, -0.25) is 19.2 Å². The SMILES string of the molecule is Cc1cc(-c2ccnc(C(=O)O)c2)c(C)cc1CCCCCc1ccc(-c2cc(C)c(N3C(=O)c4ccc5c6ccc7c8c(ccc(c9ccc(c4c59)C3=O)c86)C(=O)N(c3c(C)cccc3C)C7=O)c(C)c2)cc1. The molecule has 362 valence electrons. The molecular formula is C65H51N3O6. The van der Waals surface area contributed by atoms with Crippen molar-refractivity contribution < 1.29 is 29.1 Å². The van der Waals surface area contributed by atoms with Crippen molar-refractivity contribution in [1.82, 2.24) is 4.98 Å². The van der Waals surface area contributed by atoms with Gasteiger partial charge in [-0.05, 0) is 215 Å². The van der Waals surface area contributed by atoms with Crippen LogP contribution >= 0.6 is 0 Å². The summed E-state index contributed by atoms with van der Waals surface area (Å²) in [7, 11) is 0. The maximum atomic E-state index is 14.8. The van der Waals surface area contributed by atoms with Gasteiger partial charge in [0.05, 0.1) is 11.4 Å². The van der Waals surface area contributed by atoms with E-state index in [0.717, 1.165) is 114 Å². The highest BCUT2D eigenvalue weighted by atomic mass is 16.4. The summed E-state index contributed by atoms with van der Waals surface area (Å²) in [5.74, 6) is -2.52. The number of rotatable bonds is 11. The summed E-state index contributed by atoms with van der Waals surface area (Å²) in [6.07, 6.45) is 6.73. The maximum absolute atomic E-state index is 14.8. The topological polar surface area (TPSA) is 125 Å². The molecule has 74 heavy (non-hydrogen) atoms. The fraction of sp³-hybridized carbons (Fsp3) is 0.169. The number of aryl methyl sites for hydroxylation is 8. The van der Waals surface area contributed by atoms with Crippen LogP contribution in [0.15, 0.2) is 134 Å². The zero-order valence-electron chi connectivity index (χ0n) is 42.1. The van der Waals surface area contributed by atoms with Crippen LogP contribution in [0.25, 0.3) is 65.3 Å². The van der Waals surface area contributed by atoms with Crippen molar-refractivity contribution in [3.8, 4) is 22.3 Å². The van der Waals surface area contributed by atoms with Gasteiger partial charge < -0.3 is 5.11 Å². The quantitative estimate of drug-likeness (QED) is 0.0592. The van der Waals surface area contributed by atoms with E-state index in [-0.39, 0.29) is 29.3 Å². The number of unbranched alkanes of at least 4 members (excludes halogenated alkanes) is 2. The van der Waals surface area contributed by atoms with Gasteiger partial charge in [0.2, 0.25) is 0 Å². The van der Waals surface area contributed by atoms with E-state index in [1.807, 2.05) is 100 Å². The van der Waals surface area contributed by atoms with Crippen LogP contribution in [0.1, 0.15) is 116 Å². The minimum absolute atomic E-state index is 0.0413. The van der Waals surface area contributed by atoms with Crippen molar-refractivity contribution in [2.75, 3.05) is 9.80 Å². The summed E-state index contributed by atoms with van der Waals surface area (Å²) >= 11 is 0. The lowest BCUT2D eigenvalue weighted by molar-refractivity contribution is 0.0689. The van der Waals surface area contributed by atoms with Gasteiger partial charge in [-0.25, -0.2) is 19.6 Å². The van der Waals surface area contributed by atoms with Crippen LogP contribution in [0.3, 0.4) is 0 Å². The number of nitrogens with zero attached hydrogens (tertiary/aromatic N) is 3. The second-order valence-electron chi connectivity index (χ2n) is 20.3. The highest BCUT2D eigenvalue weighted by Gasteiger charge is 2.39. The maximum Gasteiger partial charge on any atom is 0.354 e. The summed E-state index contributed by atoms with van der Waals surface area (Å²) in [6, 6.07) is 41.4. The Morgan fingerprint density at radius 1 is 0.432 bits per heavy atom. The molecule has 10 aromatic rings. The summed E-state index contributed by atoms with van der Waals surface area (Å²) in [5, 5.41) is 15.7. The number of fused-ring (bicyclic) bond motifs is 2. The second kappa shape index (κ2) is 17.4. The van der Waals surface area contributed by atoms with E-state index in [4.69, 9.17) is 0 Å². The predicted molar refractivity (Wildman–Crippen MR) is 295 cm³/mol. The normalized spacial score (nSPS) is 13.4. The Balaban J connectivity index is 0.772. The monoisotopic (exact) mass is 969 g/mol. The number of pyridine rings is 1. The van der Waals surface area contributed by atoms with Crippen molar-refractivity contribution in [2.24, 2.45) is 0 Å². The molecule has 1 N–H and O–H groups in total. The number of carboxylic acids is 1. The van der Waals surface area contributed by atoms with Crippen molar-refractivity contribution in [3.05, 3.63) is 206 Å². The Morgan fingerprint density at radius 3 is 1.42 bits per heavy atom. The van der Waals surface area contributed by atoms with Gasteiger partial charge in [0.1, 0.15) is 5.69 Å². The van der Waals surface area contributed by atoms with Crippen LogP contribution in [0, 0.1) is 41.5 Å². The lowest BCUT2D eigenvalue weighted by Gasteiger charge is -2.32. The first-order valence-corrected chi connectivity index (χ1v) is 25.2. The smallest absolute Gasteiger partial charge is 0.354 e. The highest BCUT2D eigenvalue weighted by Crippen LogP contribution is 2.48. The fourth-order valence-electron chi connectivity index (χ4n) is 12.2. The Morgan fingerprint density at radius 2 is 0.919 bits per heavy atom. The number of anilines is 2. The zero-order valence-corrected chi connectivity index (χ0v) is 42.1. The molecule has 0 radical (unpaired) electrons. The number of imide groups is 2. The molecule has 9 aromatic carbocycles. The minimum Gasteiger partial charge on any atom is -0.477 e. The predicted octanol–water partition coefficient (Wildman–Crippen LogP) is 14.6. The highest BCUT2D eigenvalue weighted by molar-refractivity contribution is 6.45. The summed E-state index contributed by atoms with van der Waals surface area (Å²) in [6.45, 7) is 11.9. The van der Waals surface area contributed by atoms with Gasteiger partial charge in [0.25, 0.3) is 23.6 Å². The van der Waals surface area contributed by atoms with E-state index in [9.17, 15) is 29.1 Å².